The van der Waals surface area contributed by atoms with Gasteiger partial charge in [0.15, 0.2) is 0 Å². The fraction of sp³-hybridized carbons (Fsp3) is 0.143. The Morgan fingerprint density at radius 2 is 1.76 bits per heavy atom. The van der Waals surface area contributed by atoms with Crippen LogP contribution in [0.2, 0.25) is 0 Å². The third kappa shape index (κ3) is 2.40. The molecular weight excluding hydrogens is 323 g/mol. The first kappa shape index (κ1) is 15.8. The molecule has 126 valence electrons. The third-order valence-electron chi connectivity index (χ3n) is 4.63. The second kappa shape index (κ2) is 5.38. The summed E-state index contributed by atoms with van der Waals surface area (Å²) >= 11 is 0. The Morgan fingerprint density at radius 1 is 1.00 bits per heavy atom. The van der Waals surface area contributed by atoms with Gasteiger partial charge in [-0.15, -0.1) is 6.58 Å². The summed E-state index contributed by atoms with van der Waals surface area (Å²) in [6, 6.07) is 14.3. The molecular formula is C21H16F3N. The lowest BCUT2D eigenvalue weighted by molar-refractivity contribution is -0.137. The van der Waals surface area contributed by atoms with E-state index in [1.54, 1.807) is 6.08 Å². The van der Waals surface area contributed by atoms with Gasteiger partial charge in [-0.3, -0.25) is 0 Å². The van der Waals surface area contributed by atoms with Crippen LogP contribution in [-0.2, 0) is 12.6 Å². The highest BCUT2D eigenvalue weighted by molar-refractivity contribution is 6.04. The summed E-state index contributed by atoms with van der Waals surface area (Å²) in [7, 11) is 0. The van der Waals surface area contributed by atoms with Crippen molar-refractivity contribution in [2.24, 2.45) is 0 Å². The summed E-state index contributed by atoms with van der Waals surface area (Å²) in [5.41, 5.74) is 2.93. The molecule has 0 N–H and O–H groups in total. The van der Waals surface area contributed by atoms with Gasteiger partial charge in [0.2, 0.25) is 0 Å². The van der Waals surface area contributed by atoms with Gasteiger partial charge in [0.25, 0.3) is 0 Å². The van der Waals surface area contributed by atoms with Crippen molar-refractivity contribution in [2.75, 3.05) is 0 Å². The number of aromatic nitrogens is 1. The minimum absolute atomic E-state index is 0.390. The molecule has 0 aliphatic rings. The number of para-hydroxylation sites is 1. The van der Waals surface area contributed by atoms with Crippen molar-refractivity contribution >= 4 is 27.2 Å². The Hall–Kier alpha value is -2.75. The largest absolute Gasteiger partial charge is 0.416 e. The van der Waals surface area contributed by atoms with Crippen LogP contribution < -0.4 is 0 Å². The van der Waals surface area contributed by atoms with Crippen LogP contribution in [0, 0.1) is 6.92 Å². The van der Waals surface area contributed by atoms with E-state index in [0.29, 0.717) is 17.4 Å². The normalized spacial score (nSPS) is 12.3. The number of rotatable bonds is 2. The molecule has 2 aromatic heterocycles. The summed E-state index contributed by atoms with van der Waals surface area (Å²) in [6.45, 7) is 5.63. The fourth-order valence-corrected chi connectivity index (χ4v) is 3.64. The number of halogens is 3. The molecule has 4 heteroatoms. The molecule has 2 heterocycles. The highest BCUT2D eigenvalue weighted by atomic mass is 19.4. The van der Waals surface area contributed by atoms with Crippen molar-refractivity contribution in [3.05, 3.63) is 78.0 Å². The minimum Gasteiger partial charge on any atom is -0.313 e. The van der Waals surface area contributed by atoms with E-state index in [4.69, 9.17) is 0 Å². The number of benzene rings is 2. The molecule has 1 nitrogen and oxygen atoms in total. The molecule has 0 fully saturated rings. The zero-order valence-corrected chi connectivity index (χ0v) is 13.7. The summed E-state index contributed by atoms with van der Waals surface area (Å²) < 4.78 is 42.0. The van der Waals surface area contributed by atoms with Gasteiger partial charge >= 0.3 is 6.18 Å². The molecule has 0 aliphatic heterocycles. The van der Waals surface area contributed by atoms with E-state index in [-0.39, 0.29) is 0 Å². The Labute approximate surface area is 143 Å². The second-order valence-electron chi connectivity index (χ2n) is 6.30. The topological polar surface area (TPSA) is 4.41 Å². The van der Waals surface area contributed by atoms with Crippen LogP contribution in [-0.4, -0.2) is 4.40 Å². The number of pyridine rings is 1. The number of fused-ring (bicyclic) bond motifs is 5. The van der Waals surface area contributed by atoms with Crippen LogP contribution in [0.5, 0.6) is 0 Å². The van der Waals surface area contributed by atoms with Crippen LogP contribution in [0.25, 0.3) is 27.2 Å². The Balaban J connectivity index is 2.21. The zero-order valence-electron chi connectivity index (χ0n) is 13.7. The van der Waals surface area contributed by atoms with Crippen LogP contribution in [0.15, 0.2) is 61.2 Å². The molecule has 0 atom stereocenters. The van der Waals surface area contributed by atoms with Crippen LogP contribution in [0.3, 0.4) is 0 Å². The second-order valence-corrected chi connectivity index (χ2v) is 6.30. The van der Waals surface area contributed by atoms with E-state index in [9.17, 15) is 13.2 Å². The van der Waals surface area contributed by atoms with Crippen molar-refractivity contribution in [1.29, 1.82) is 0 Å². The summed E-state index contributed by atoms with van der Waals surface area (Å²) in [6.07, 6.45) is -2.33. The first-order valence-electron chi connectivity index (χ1n) is 8.04. The predicted octanol–water partition coefficient (Wildman–Crippen LogP) is 6.30. The van der Waals surface area contributed by atoms with Crippen molar-refractivity contribution in [2.45, 2.75) is 19.5 Å². The molecule has 4 rings (SSSR count). The van der Waals surface area contributed by atoms with E-state index in [1.165, 1.54) is 12.1 Å². The van der Waals surface area contributed by atoms with Gasteiger partial charge in [-0.1, -0.05) is 24.3 Å². The van der Waals surface area contributed by atoms with Crippen molar-refractivity contribution < 1.29 is 13.2 Å². The standard InChI is InChI=1S/C21H16F3N/c1-3-6-15-10-17(21(22,23)24)11-16-9-13(2)25-18-8-5-4-7-14(18)12-19(25)20(15)16/h3-5,7-12H,1,6H2,2H3. The van der Waals surface area contributed by atoms with Crippen molar-refractivity contribution in [1.82, 2.24) is 4.40 Å². The highest BCUT2D eigenvalue weighted by Crippen LogP contribution is 2.37. The van der Waals surface area contributed by atoms with Crippen LogP contribution >= 0.6 is 0 Å². The van der Waals surface area contributed by atoms with Crippen LogP contribution in [0.1, 0.15) is 16.8 Å². The van der Waals surface area contributed by atoms with Crippen LogP contribution in [0.4, 0.5) is 13.2 Å². The smallest absolute Gasteiger partial charge is 0.313 e. The fourth-order valence-electron chi connectivity index (χ4n) is 3.64. The maximum Gasteiger partial charge on any atom is 0.416 e. The minimum atomic E-state index is -4.36. The third-order valence-corrected chi connectivity index (χ3v) is 4.63. The van der Waals surface area contributed by atoms with E-state index in [1.807, 2.05) is 43.3 Å². The number of hydrogen-bond acceptors (Lipinski definition) is 0. The van der Waals surface area contributed by atoms with Gasteiger partial charge in [-0.25, -0.2) is 0 Å². The number of hydrogen-bond donors (Lipinski definition) is 0. The van der Waals surface area contributed by atoms with Gasteiger partial charge < -0.3 is 4.40 Å². The van der Waals surface area contributed by atoms with E-state index in [0.717, 1.165) is 27.5 Å². The first-order chi connectivity index (χ1) is 11.9. The molecule has 0 amide bonds. The van der Waals surface area contributed by atoms with Gasteiger partial charge in [-0.05, 0) is 54.6 Å². The lowest BCUT2D eigenvalue weighted by Gasteiger charge is -2.15. The van der Waals surface area contributed by atoms with E-state index in [2.05, 4.69) is 11.0 Å². The zero-order chi connectivity index (χ0) is 17.8. The molecule has 0 unspecified atom stereocenters. The molecule has 25 heavy (non-hydrogen) atoms. The number of alkyl halides is 3. The Bertz CT molecular complexity index is 1130. The molecule has 0 aliphatic carbocycles. The molecule has 0 radical (unpaired) electrons. The number of allylic oxidation sites excluding steroid dienone is 1. The molecule has 0 spiro atoms. The van der Waals surface area contributed by atoms with E-state index >= 15 is 0 Å². The number of aryl methyl sites for hydroxylation is 1. The van der Waals surface area contributed by atoms with Gasteiger partial charge in [0.05, 0.1) is 16.6 Å². The number of nitrogens with zero attached hydrogens (tertiary/aromatic N) is 1. The van der Waals surface area contributed by atoms with Crippen molar-refractivity contribution in [3.8, 4) is 0 Å². The molecule has 0 bridgehead atoms. The summed E-state index contributed by atoms with van der Waals surface area (Å²) in [5, 5.41) is 2.54. The maximum absolute atomic E-state index is 13.3. The average Bonchev–Trinajstić information content (AvgIpc) is 2.93. The Morgan fingerprint density at radius 3 is 2.48 bits per heavy atom. The maximum atomic E-state index is 13.3. The first-order valence-corrected chi connectivity index (χ1v) is 8.04. The van der Waals surface area contributed by atoms with Gasteiger partial charge in [0, 0.05) is 16.5 Å². The highest BCUT2D eigenvalue weighted by Gasteiger charge is 2.31. The lowest BCUT2D eigenvalue weighted by atomic mass is 9.97. The monoisotopic (exact) mass is 339 g/mol. The quantitative estimate of drug-likeness (QED) is 0.377. The lowest BCUT2D eigenvalue weighted by Crippen LogP contribution is -2.06. The van der Waals surface area contributed by atoms with E-state index < -0.39 is 11.7 Å². The summed E-state index contributed by atoms with van der Waals surface area (Å²) in [5.74, 6) is 0. The van der Waals surface area contributed by atoms with Gasteiger partial charge in [0.1, 0.15) is 0 Å². The van der Waals surface area contributed by atoms with Gasteiger partial charge in [-0.2, -0.15) is 13.2 Å². The predicted molar refractivity (Wildman–Crippen MR) is 96.0 cm³/mol. The van der Waals surface area contributed by atoms with Crippen molar-refractivity contribution in [3.63, 3.8) is 0 Å². The average molecular weight is 339 g/mol. The molecule has 0 saturated heterocycles. The Kier molecular flexibility index (Phi) is 3.39. The molecule has 0 saturated carbocycles. The summed E-state index contributed by atoms with van der Waals surface area (Å²) in [4.78, 5) is 0. The molecule has 2 aromatic carbocycles. The molecule has 4 aromatic rings. The SMILES string of the molecule is C=CCc1cc(C(F)(F)F)cc2cc(C)n3c4ccccc4cc3c12.